The average molecular weight is 365 g/mol. The number of benzene rings is 1. The van der Waals surface area contributed by atoms with Gasteiger partial charge >= 0.3 is 5.69 Å². The molecule has 1 fully saturated rings. The van der Waals surface area contributed by atoms with Crippen LogP contribution in [0.1, 0.15) is 41.6 Å². The first-order chi connectivity index (χ1) is 13.1. The number of aromatic amines is 2. The number of nitrogens with one attached hydrogen (secondary N) is 2. The molecule has 0 spiro atoms. The van der Waals surface area contributed by atoms with Gasteiger partial charge in [-0.1, -0.05) is 30.3 Å². The molecule has 5 rings (SSSR count). The highest BCUT2D eigenvalue weighted by Crippen LogP contribution is 2.56. The summed E-state index contributed by atoms with van der Waals surface area (Å²) in [6.07, 6.45) is 3.95. The van der Waals surface area contributed by atoms with Crippen LogP contribution in [0.15, 0.2) is 57.4 Å². The number of nitrogens with zero attached hydrogens (tertiary/aromatic N) is 3. The van der Waals surface area contributed by atoms with Crippen molar-refractivity contribution in [2.75, 3.05) is 0 Å². The molecule has 1 unspecified atom stereocenters. The highest BCUT2D eigenvalue weighted by molar-refractivity contribution is 6.00. The van der Waals surface area contributed by atoms with E-state index >= 15 is 0 Å². The normalized spacial score (nSPS) is 23.6. The molecule has 0 amide bonds. The lowest BCUT2D eigenvalue weighted by atomic mass is 9.90. The molecule has 7 nitrogen and oxygen atoms in total. The van der Waals surface area contributed by atoms with Gasteiger partial charge in [-0.25, -0.2) is 9.78 Å². The molecular formula is C19H16FN5O2. The van der Waals surface area contributed by atoms with E-state index in [2.05, 4.69) is 32.2 Å². The molecule has 0 bridgehead atoms. The summed E-state index contributed by atoms with van der Waals surface area (Å²) in [5.41, 5.74) is 0.830. The Kier molecular flexibility index (Phi) is 3.46. The topological polar surface area (TPSA) is 95.9 Å². The highest BCUT2D eigenvalue weighted by atomic mass is 19.1. The van der Waals surface area contributed by atoms with E-state index in [4.69, 9.17) is 0 Å². The summed E-state index contributed by atoms with van der Waals surface area (Å²) >= 11 is 0. The largest absolute Gasteiger partial charge is 0.325 e. The predicted molar refractivity (Wildman–Crippen MR) is 96.5 cm³/mol. The third kappa shape index (κ3) is 2.64. The lowest BCUT2D eigenvalue weighted by Crippen LogP contribution is -2.30. The van der Waals surface area contributed by atoms with Gasteiger partial charge in [0.2, 0.25) is 5.95 Å². The smallest absolute Gasteiger partial charge is 0.313 e. The molecule has 3 atom stereocenters. The van der Waals surface area contributed by atoms with Gasteiger partial charge in [-0.05, 0) is 23.8 Å². The van der Waals surface area contributed by atoms with Gasteiger partial charge in [-0.2, -0.15) is 14.2 Å². The summed E-state index contributed by atoms with van der Waals surface area (Å²) < 4.78 is 15.4. The zero-order chi connectivity index (χ0) is 18.5. The summed E-state index contributed by atoms with van der Waals surface area (Å²) in [6, 6.07) is 10.2. The maximum absolute atomic E-state index is 14.2. The van der Waals surface area contributed by atoms with Crippen LogP contribution in [0.5, 0.6) is 0 Å². The van der Waals surface area contributed by atoms with Gasteiger partial charge in [0.1, 0.15) is 5.82 Å². The van der Waals surface area contributed by atoms with Gasteiger partial charge < -0.3 is 4.98 Å². The van der Waals surface area contributed by atoms with E-state index in [-0.39, 0.29) is 11.5 Å². The van der Waals surface area contributed by atoms with Crippen LogP contribution in [0.3, 0.4) is 0 Å². The molecule has 8 heteroatoms. The average Bonchev–Trinajstić information content (AvgIpc) is 3.39. The second-order valence-corrected chi connectivity index (χ2v) is 7.01. The Morgan fingerprint density at radius 2 is 1.96 bits per heavy atom. The molecule has 1 saturated carbocycles. The monoisotopic (exact) mass is 365 g/mol. The molecule has 2 N–H and O–H groups in total. The van der Waals surface area contributed by atoms with Crippen molar-refractivity contribution >= 4 is 5.71 Å². The van der Waals surface area contributed by atoms with Crippen LogP contribution < -0.4 is 11.2 Å². The van der Waals surface area contributed by atoms with Crippen molar-refractivity contribution in [3.63, 3.8) is 0 Å². The Morgan fingerprint density at radius 1 is 1.15 bits per heavy atom. The first-order valence-corrected chi connectivity index (χ1v) is 8.80. The Balaban J connectivity index is 1.54. The summed E-state index contributed by atoms with van der Waals surface area (Å²) in [4.78, 5) is 32.3. The number of imidazole rings is 1. The molecule has 1 aliphatic carbocycles. The fourth-order valence-electron chi connectivity index (χ4n) is 4.02. The van der Waals surface area contributed by atoms with Crippen LogP contribution in [-0.4, -0.2) is 25.3 Å². The minimum absolute atomic E-state index is 0.0430. The van der Waals surface area contributed by atoms with Crippen molar-refractivity contribution in [1.82, 2.24) is 19.6 Å². The van der Waals surface area contributed by atoms with Crippen LogP contribution >= 0.6 is 0 Å². The molecule has 2 aliphatic rings. The van der Waals surface area contributed by atoms with Crippen molar-refractivity contribution in [2.45, 2.75) is 24.7 Å². The van der Waals surface area contributed by atoms with Crippen molar-refractivity contribution in [3.8, 4) is 0 Å². The van der Waals surface area contributed by atoms with Crippen LogP contribution in [0.4, 0.5) is 4.39 Å². The maximum Gasteiger partial charge on any atom is 0.325 e. The zero-order valence-corrected chi connectivity index (χ0v) is 14.2. The molecule has 0 saturated heterocycles. The fraction of sp³-hybridized carbons (Fsp3) is 0.263. The van der Waals surface area contributed by atoms with Gasteiger partial charge in [0.15, 0.2) is 0 Å². The molecule has 1 aliphatic heterocycles. The van der Waals surface area contributed by atoms with Gasteiger partial charge in [-0.15, -0.1) is 0 Å². The lowest BCUT2D eigenvalue weighted by molar-refractivity contribution is 0.470. The van der Waals surface area contributed by atoms with E-state index in [9.17, 15) is 14.0 Å². The molecule has 27 heavy (non-hydrogen) atoms. The van der Waals surface area contributed by atoms with E-state index in [1.165, 1.54) is 16.4 Å². The highest BCUT2D eigenvalue weighted by Gasteiger charge is 2.47. The number of hydrogen-bond donors (Lipinski definition) is 2. The first kappa shape index (κ1) is 15.9. The number of halogens is 1. The molecule has 3 aromatic rings. The van der Waals surface area contributed by atoms with Crippen LogP contribution in [0, 0.1) is 11.9 Å². The fourth-order valence-corrected chi connectivity index (χ4v) is 4.02. The van der Waals surface area contributed by atoms with Crippen LogP contribution in [0.25, 0.3) is 0 Å². The standard InChI is InChI=1S/C19H16FN5O2/c20-16-9-21-17-13(12-6-11(12)10-4-2-1-3-5-10)7-15(24-25(16)17)14-8-22-19(27)23-18(14)26/h1-5,8-9,11-13H,6-7H2,(H2,22,23,26,27)/t11-,12+,13?/m1/s1. The lowest BCUT2D eigenvalue weighted by Gasteiger charge is -2.22. The van der Waals surface area contributed by atoms with Gasteiger partial charge in [0.25, 0.3) is 5.56 Å². The molecular weight excluding hydrogens is 349 g/mol. The summed E-state index contributed by atoms with van der Waals surface area (Å²) in [6.45, 7) is 0. The van der Waals surface area contributed by atoms with E-state index in [0.29, 0.717) is 29.8 Å². The maximum atomic E-state index is 14.2. The third-order valence-electron chi connectivity index (χ3n) is 5.40. The number of rotatable bonds is 3. The molecule has 2 aromatic heterocycles. The first-order valence-electron chi connectivity index (χ1n) is 8.80. The van der Waals surface area contributed by atoms with E-state index in [1.807, 2.05) is 18.2 Å². The van der Waals surface area contributed by atoms with Crippen molar-refractivity contribution in [1.29, 1.82) is 0 Å². The Bertz CT molecular complexity index is 1160. The van der Waals surface area contributed by atoms with E-state index in [1.54, 1.807) is 0 Å². The minimum Gasteiger partial charge on any atom is -0.313 e. The summed E-state index contributed by atoms with van der Waals surface area (Å²) in [5, 5.41) is 4.28. The third-order valence-corrected chi connectivity index (χ3v) is 5.40. The Morgan fingerprint density at radius 3 is 2.74 bits per heavy atom. The number of hydrogen-bond acceptors (Lipinski definition) is 4. The predicted octanol–water partition coefficient (Wildman–Crippen LogP) is 1.94. The molecule has 1 aromatic carbocycles. The molecule has 3 heterocycles. The van der Waals surface area contributed by atoms with Gasteiger partial charge in [-0.3, -0.25) is 9.78 Å². The van der Waals surface area contributed by atoms with Crippen molar-refractivity contribution in [2.24, 2.45) is 11.0 Å². The minimum atomic E-state index is -0.586. The van der Waals surface area contributed by atoms with Crippen LogP contribution in [-0.2, 0) is 0 Å². The number of aromatic nitrogens is 4. The number of fused-ring (bicyclic) bond motifs is 1. The second kappa shape index (κ2) is 5.87. The Hall–Kier alpha value is -3.29. The zero-order valence-electron chi connectivity index (χ0n) is 14.2. The SMILES string of the molecule is O=c1[nH]cc(C2=Nn3c(F)cnc3C([C@H]3C[C@@H]3c3ccccc3)C2)c(=O)[nH]1. The summed E-state index contributed by atoms with van der Waals surface area (Å²) in [7, 11) is 0. The van der Waals surface area contributed by atoms with Gasteiger partial charge in [0.05, 0.1) is 17.5 Å². The van der Waals surface area contributed by atoms with Crippen LogP contribution in [0.2, 0.25) is 0 Å². The molecule has 136 valence electrons. The second-order valence-electron chi connectivity index (χ2n) is 7.01. The molecule has 0 radical (unpaired) electrons. The summed E-state index contributed by atoms with van der Waals surface area (Å²) in [5.74, 6) is 0.668. The number of H-pyrrole nitrogens is 2. The van der Waals surface area contributed by atoms with Crippen molar-refractivity contribution < 1.29 is 4.39 Å². The Labute approximate surface area is 152 Å². The van der Waals surface area contributed by atoms with E-state index < -0.39 is 17.2 Å². The quantitative estimate of drug-likeness (QED) is 0.742. The van der Waals surface area contributed by atoms with Crippen molar-refractivity contribution in [3.05, 3.63) is 86.5 Å². The van der Waals surface area contributed by atoms with E-state index in [0.717, 1.165) is 12.6 Å². The van der Waals surface area contributed by atoms with Gasteiger partial charge in [0, 0.05) is 18.5 Å².